The Kier molecular flexibility index (Phi) is 6.37. The molecular weight excluding hydrogens is 346 g/mol. The van der Waals surface area contributed by atoms with Crippen LogP contribution in [0.2, 0.25) is 0 Å². The number of carbonyl (C=O) groups is 3. The topological polar surface area (TPSA) is 84.5 Å². The summed E-state index contributed by atoms with van der Waals surface area (Å²) in [4.78, 5) is 35.7. The van der Waals surface area contributed by atoms with Crippen LogP contribution in [0.3, 0.4) is 0 Å². The lowest BCUT2D eigenvalue weighted by Crippen LogP contribution is -2.23. The first-order chi connectivity index (χ1) is 12.4. The van der Waals surface area contributed by atoms with Crippen molar-refractivity contribution in [1.29, 1.82) is 0 Å². The molecule has 2 aromatic carbocycles. The van der Waals surface area contributed by atoms with Gasteiger partial charge in [-0.05, 0) is 31.2 Å². The Balaban J connectivity index is 2.00. The number of halogens is 2. The second-order valence-electron chi connectivity index (χ2n) is 5.16. The van der Waals surface area contributed by atoms with Gasteiger partial charge in [0, 0.05) is 6.07 Å². The van der Waals surface area contributed by atoms with Crippen molar-refractivity contribution < 1.29 is 27.9 Å². The van der Waals surface area contributed by atoms with Gasteiger partial charge in [0.25, 0.3) is 0 Å². The normalized spacial score (nSPS) is 10.1. The fourth-order valence-electron chi connectivity index (χ4n) is 2.10. The van der Waals surface area contributed by atoms with E-state index in [0.29, 0.717) is 6.07 Å². The molecule has 0 aromatic heterocycles. The standard InChI is InChI=1S/C18H16F2N2O4/c1-2-26-18(25)12-5-3-4-6-14(12)21-16(23)10-17(24)22-15-8-7-11(19)9-13(15)20/h3-9H,2,10H2,1H3,(H,21,23)(H,22,24). The summed E-state index contributed by atoms with van der Waals surface area (Å²) in [7, 11) is 0. The van der Waals surface area contributed by atoms with E-state index in [-0.39, 0.29) is 23.5 Å². The predicted molar refractivity (Wildman–Crippen MR) is 90.6 cm³/mol. The molecule has 0 fully saturated rings. The average molecular weight is 362 g/mol. The lowest BCUT2D eigenvalue weighted by Gasteiger charge is -2.10. The molecule has 0 aliphatic carbocycles. The van der Waals surface area contributed by atoms with Gasteiger partial charge in [-0.15, -0.1) is 0 Å². The lowest BCUT2D eigenvalue weighted by atomic mass is 10.1. The van der Waals surface area contributed by atoms with Gasteiger partial charge in [0.15, 0.2) is 0 Å². The first-order valence-corrected chi connectivity index (χ1v) is 7.71. The third-order valence-electron chi connectivity index (χ3n) is 3.22. The quantitative estimate of drug-likeness (QED) is 0.611. The maximum atomic E-state index is 13.5. The van der Waals surface area contributed by atoms with E-state index in [4.69, 9.17) is 4.74 Å². The number of amides is 2. The Morgan fingerprint density at radius 1 is 0.962 bits per heavy atom. The maximum absolute atomic E-state index is 13.5. The van der Waals surface area contributed by atoms with Gasteiger partial charge in [-0.3, -0.25) is 9.59 Å². The molecule has 0 saturated carbocycles. The van der Waals surface area contributed by atoms with Crippen LogP contribution in [0.15, 0.2) is 42.5 Å². The highest BCUT2D eigenvalue weighted by Gasteiger charge is 2.16. The molecule has 0 aliphatic heterocycles. The molecule has 0 heterocycles. The van der Waals surface area contributed by atoms with E-state index in [0.717, 1.165) is 12.1 Å². The highest BCUT2D eigenvalue weighted by atomic mass is 19.1. The summed E-state index contributed by atoms with van der Waals surface area (Å²) in [5.41, 5.74) is 0.0977. The van der Waals surface area contributed by atoms with Crippen molar-refractivity contribution in [2.24, 2.45) is 0 Å². The van der Waals surface area contributed by atoms with E-state index >= 15 is 0 Å². The highest BCUT2D eigenvalue weighted by molar-refractivity contribution is 6.10. The number of rotatable bonds is 6. The maximum Gasteiger partial charge on any atom is 0.340 e. The third kappa shape index (κ3) is 5.10. The van der Waals surface area contributed by atoms with Gasteiger partial charge in [0.1, 0.15) is 18.1 Å². The van der Waals surface area contributed by atoms with E-state index in [9.17, 15) is 23.2 Å². The highest BCUT2D eigenvalue weighted by Crippen LogP contribution is 2.17. The summed E-state index contributed by atoms with van der Waals surface area (Å²) in [5.74, 6) is -3.84. The van der Waals surface area contributed by atoms with E-state index in [1.807, 2.05) is 0 Å². The van der Waals surface area contributed by atoms with Gasteiger partial charge >= 0.3 is 5.97 Å². The van der Waals surface area contributed by atoms with Gasteiger partial charge < -0.3 is 15.4 Å². The zero-order chi connectivity index (χ0) is 19.1. The van der Waals surface area contributed by atoms with E-state index in [1.54, 1.807) is 19.1 Å². The van der Waals surface area contributed by atoms with Crippen LogP contribution in [0.25, 0.3) is 0 Å². The molecule has 8 heteroatoms. The summed E-state index contributed by atoms with van der Waals surface area (Å²) in [5, 5.41) is 4.61. The van der Waals surface area contributed by atoms with Gasteiger partial charge in [0.2, 0.25) is 11.8 Å². The summed E-state index contributed by atoms with van der Waals surface area (Å²) in [6, 6.07) is 8.82. The van der Waals surface area contributed by atoms with Crippen LogP contribution in [-0.2, 0) is 14.3 Å². The minimum atomic E-state index is -0.952. The second-order valence-corrected chi connectivity index (χ2v) is 5.16. The Bertz CT molecular complexity index is 840. The first kappa shape index (κ1) is 19.0. The number of ether oxygens (including phenoxy) is 1. The molecule has 0 saturated heterocycles. The fourth-order valence-corrected chi connectivity index (χ4v) is 2.10. The van der Waals surface area contributed by atoms with E-state index < -0.39 is 35.8 Å². The number of hydrogen-bond donors (Lipinski definition) is 2. The molecule has 2 aromatic rings. The van der Waals surface area contributed by atoms with E-state index in [1.165, 1.54) is 12.1 Å². The molecule has 0 atom stereocenters. The van der Waals surface area contributed by atoms with Crippen LogP contribution in [0.5, 0.6) is 0 Å². The average Bonchev–Trinajstić information content (AvgIpc) is 2.58. The van der Waals surface area contributed by atoms with Gasteiger partial charge in [0.05, 0.1) is 23.5 Å². The van der Waals surface area contributed by atoms with Crippen molar-refractivity contribution in [2.45, 2.75) is 13.3 Å². The van der Waals surface area contributed by atoms with Crippen LogP contribution >= 0.6 is 0 Å². The summed E-state index contributed by atoms with van der Waals surface area (Å²) >= 11 is 0. The molecule has 2 amide bonds. The molecule has 0 aliphatic rings. The Morgan fingerprint density at radius 2 is 1.62 bits per heavy atom. The van der Waals surface area contributed by atoms with Gasteiger partial charge in [-0.2, -0.15) is 0 Å². The summed E-state index contributed by atoms with van der Waals surface area (Å²) in [6.07, 6.45) is -0.617. The summed E-state index contributed by atoms with van der Waals surface area (Å²) < 4.78 is 31.2. The van der Waals surface area contributed by atoms with Crippen molar-refractivity contribution in [3.05, 3.63) is 59.7 Å². The first-order valence-electron chi connectivity index (χ1n) is 7.71. The zero-order valence-electron chi connectivity index (χ0n) is 13.8. The molecule has 6 nitrogen and oxygen atoms in total. The van der Waals surface area contributed by atoms with Crippen LogP contribution in [0, 0.1) is 11.6 Å². The number of benzene rings is 2. The molecule has 136 valence electrons. The van der Waals surface area contributed by atoms with Crippen LogP contribution in [0.4, 0.5) is 20.2 Å². The molecule has 26 heavy (non-hydrogen) atoms. The Hall–Kier alpha value is -3.29. The SMILES string of the molecule is CCOC(=O)c1ccccc1NC(=O)CC(=O)Nc1ccc(F)cc1F. The monoisotopic (exact) mass is 362 g/mol. The van der Waals surface area contributed by atoms with Crippen LogP contribution in [0.1, 0.15) is 23.7 Å². The second kappa shape index (κ2) is 8.70. The Morgan fingerprint density at radius 3 is 2.27 bits per heavy atom. The number of nitrogens with one attached hydrogen (secondary N) is 2. The molecule has 2 N–H and O–H groups in total. The number of para-hydroxylation sites is 1. The number of esters is 1. The largest absolute Gasteiger partial charge is 0.462 e. The molecule has 2 rings (SSSR count). The third-order valence-corrected chi connectivity index (χ3v) is 3.22. The lowest BCUT2D eigenvalue weighted by molar-refractivity contribution is -0.123. The van der Waals surface area contributed by atoms with E-state index in [2.05, 4.69) is 10.6 Å². The minimum absolute atomic E-state index is 0.146. The Labute approximate surface area is 148 Å². The van der Waals surface area contributed by atoms with Crippen molar-refractivity contribution in [3.8, 4) is 0 Å². The van der Waals surface area contributed by atoms with Crippen LogP contribution in [-0.4, -0.2) is 24.4 Å². The van der Waals surface area contributed by atoms with Crippen LogP contribution < -0.4 is 10.6 Å². The van der Waals surface area contributed by atoms with Crippen molar-refractivity contribution in [1.82, 2.24) is 0 Å². The summed E-state index contributed by atoms with van der Waals surface area (Å²) in [6.45, 7) is 1.82. The molecule has 0 radical (unpaired) electrons. The number of carbonyl (C=O) groups excluding carboxylic acids is 3. The number of anilines is 2. The molecule has 0 unspecified atom stereocenters. The number of hydrogen-bond acceptors (Lipinski definition) is 4. The molecule has 0 bridgehead atoms. The predicted octanol–water partition coefficient (Wildman–Crippen LogP) is 3.11. The zero-order valence-corrected chi connectivity index (χ0v) is 13.8. The van der Waals surface area contributed by atoms with Crippen molar-refractivity contribution in [2.75, 3.05) is 17.2 Å². The van der Waals surface area contributed by atoms with Gasteiger partial charge in [-0.25, -0.2) is 13.6 Å². The minimum Gasteiger partial charge on any atom is -0.462 e. The van der Waals surface area contributed by atoms with Crippen molar-refractivity contribution in [3.63, 3.8) is 0 Å². The van der Waals surface area contributed by atoms with Gasteiger partial charge in [-0.1, -0.05) is 12.1 Å². The fraction of sp³-hybridized carbons (Fsp3) is 0.167. The van der Waals surface area contributed by atoms with Crippen molar-refractivity contribution >= 4 is 29.2 Å². The molecule has 0 spiro atoms. The smallest absolute Gasteiger partial charge is 0.340 e. The molecular formula is C18H16F2N2O4.